The van der Waals surface area contributed by atoms with Gasteiger partial charge in [-0.1, -0.05) is 13.3 Å². The van der Waals surface area contributed by atoms with Gasteiger partial charge in [-0.05, 0) is 24.6 Å². The van der Waals surface area contributed by atoms with Gasteiger partial charge in [0.1, 0.15) is 6.04 Å². The van der Waals surface area contributed by atoms with Gasteiger partial charge in [0.15, 0.2) is 11.5 Å². The van der Waals surface area contributed by atoms with Crippen molar-refractivity contribution in [2.75, 3.05) is 13.7 Å². The van der Waals surface area contributed by atoms with Gasteiger partial charge in [-0.25, -0.2) is 13.6 Å². The second-order valence-corrected chi connectivity index (χ2v) is 5.06. The molecule has 0 saturated heterocycles. The van der Waals surface area contributed by atoms with E-state index in [1.807, 2.05) is 6.92 Å². The molecular weight excluding hydrogens is 324 g/mol. The van der Waals surface area contributed by atoms with Crippen LogP contribution in [0.3, 0.4) is 0 Å². The Labute approximate surface area is 138 Å². The largest absolute Gasteiger partial charge is 0.493 e. The summed E-state index contributed by atoms with van der Waals surface area (Å²) in [5.74, 6) is -1.54. The zero-order chi connectivity index (χ0) is 18.1. The lowest BCUT2D eigenvalue weighted by atomic mass is 10.1. The van der Waals surface area contributed by atoms with Crippen LogP contribution in [0.25, 0.3) is 0 Å². The van der Waals surface area contributed by atoms with E-state index in [4.69, 9.17) is 14.6 Å². The molecule has 0 radical (unpaired) electrons. The predicted octanol–water partition coefficient (Wildman–Crippen LogP) is 2.71. The monoisotopic (exact) mass is 345 g/mol. The molecule has 0 spiro atoms. The van der Waals surface area contributed by atoms with Crippen molar-refractivity contribution in [2.24, 2.45) is 0 Å². The maximum absolute atomic E-state index is 12.4. The van der Waals surface area contributed by atoms with Crippen LogP contribution in [-0.2, 0) is 4.79 Å². The van der Waals surface area contributed by atoms with E-state index in [1.165, 1.54) is 25.3 Å². The average molecular weight is 345 g/mol. The fourth-order valence-electron chi connectivity index (χ4n) is 1.90. The Balaban J connectivity index is 2.84. The number of nitrogens with one attached hydrogen (secondary N) is 1. The number of hydrogen-bond acceptors (Lipinski definition) is 4. The van der Waals surface area contributed by atoms with Gasteiger partial charge >= 0.3 is 5.97 Å². The van der Waals surface area contributed by atoms with E-state index in [-0.39, 0.29) is 5.56 Å². The van der Waals surface area contributed by atoms with Crippen LogP contribution in [0.2, 0.25) is 0 Å². The predicted molar refractivity (Wildman–Crippen MR) is 82.9 cm³/mol. The molecule has 0 aliphatic rings. The third-order valence-corrected chi connectivity index (χ3v) is 3.20. The highest BCUT2D eigenvalue weighted by Gasteiger charge is 2.25. The van der Waals surface area contributed by atoms with E-state index in [9.17, 15) is 18.4 Å². The van der Waals surface area contributed by atoms with Crippen LogP contribution in [0.5, 0.6) is 11.5 Å². The molecular formula is C16H21F2NO5. The van der Waals surface area contributed by atoms with Crippen molar-refractivity contribution in [3.63, 3.8) is 0 Å². The Morgan fingerprint density at radius 2 is 2.00 bits per heavy atom. The van der Waals surface area contributed by atoms with Gasteiger partial charge in [0.2, 0.25) is 6.43 Å². The van der Waals surface area contributed by atoms with Gasteiger partial charge in [-0.15, -0.1) is 0 Å². The first kappa shape index (κ1) is 19.7. The molecule has 1 unspecified atom stereocenters. The van der Waals surface area contributed by atoms with Crippen molar-refractivity contribution in [3.8, 4) is 11.5 Å². The number of carboxylic acid groups (broad SMARTS) is 1. The molecule has 0 saturated carbocycles. The van der Waals surface area contributed by atoms with E-state index in [1.54, 1.807) is 0 Å². The number of carbonyl (C=O) groups excluding carboxylic acids is 1. The topological polar surface area (TPSA) is 84.9 Å². The number of alkyl halides is 2. The van der Waals surface area contributed by atoms with Crippen LogP contribution >= 0.6 is 0 Å². The van der Waals surface area contributed by atoms with Crippen LogP contribution in [-0.4, -0.2) is 43.2 Å². The molecule has 0 bridgehead atoms. The van der Waals surface area contributed by atoms with Gasteiger partial charge in [0.05, 0.1) is 13.7 Å². The standard InChI is InChI=1S/C16H21F2NO5/c1-3-4-7-24-12-6-5-10(8-13(12)23-2)15(20)19-11(16(21)22)9-14(17)18/h5-6,8,11,14H,3-4,7,9H2,1-2H3,(H,19,20)(H,21,22). The van der Waals surface area contributed by atoms with E-state index in [0.717, 1.165) is 12.8 Å². The first-order valence-electron chi connectivity index (χ1n) is 7.51. The molecule has 0 aliphatic carbocycles. The Morgan fingerprint density at radius 1 is 1.29 bits per heavy atom. The minimum absolute atomic E-state index is 0.0928. The van der Waals surface area contributed by atoms with Crippen LogP contribution in [0.15, 0.2) is 18.2 Å². The van der Waals surface area contributed by atoms with Crippen molar-refractivity contribution < 1.29 is 33.0 Å². The minimum Gasteiger partial charge on any atom is -0.493 e. The molecule has 0 heterocycles. The highest BCUT2D eigenvalue weighted by atomic mass is 19.3. The fraction of sp³-hybridized carbons (Fsp3) is 0.500. The lowest BCUT2D eigenvalue weighted by molar-refractivity contribution is -0.140. The van der Waals surface area contributed by atoms with E-state index >= 15 is 0 Å². The van der Waals surface area contributed by atoms with Crippen LogP contribution in [0, 0.1) is 0 Å². The SMILES string of the molecule is CCCCOc1ccc(C(=O)NC(CC(F)F)C(=O)O)cc1OC. The molecule has 1 aromatic carbocycles. The first-order chi connectivity index (χ1) is 11.4. The summed E-state index contributed by atoms with van der Waals surface area (Å²) >= 11 is 0. The summed E-state index contributed by atoms with van der Waals surface area (Å²) in [7, 11) is 1.40. The third kappa shape index (κ3) is 6.02. The Bertz CT molecular complexity index is 565. The summed E-state index contributed by atoms with van der Waals surface area (Å²) < 4.78 is 35.4. The second-order valence-electron chi connectivity index (χ2n) is 5.06. The Morgan fingerprint density at radius 3 is 2.54 bits per heavy atom. The molecule has 24 heavy (non-hydrogen) atoms. The highest BCUT2D eigenvalue weighted by Crippen LogP contribution is 2.28. The van der Waals surface area contributed by atoms with Crippen molar-refractivity contribution in [1.29, 1.82) is 0 Å². The van der Waals surface area contributed by atoms with Gasteiger partial charge < -0.3 is 19.9 Å². The number of unbranched alkanes of at least 4 members (excludes halogenated alkanes) is 1. The number of carboxylic acids is 1. The molecule has 2 N–H and O–H groups in total. The number of halogens is 2. The summed E-state index contributed by atoms with van der Waals surface area (Å²) in [6.07, 6.45) is -1.98. The van der Waals surface area contributed by atoms with E-state index in [0.29, 0.717) is 18.1 Å². The van der Waals surface area contributed by atoms with E-state index in [2.05, 4.69) is 5.32 Å². The smallest absolute Gasteiger partial charge is 0.326 e. The Kier molecular flexibility index (Phi) is 7.94. The highest BCUT2D eigenvalue weighted by molar-refractivity contribution is 5.97. The summed E-state index contributed by atoms with van der Waals surface area (Å²) in [5, 5.41) is 11.0. The van der Waals surface area contributed by atoms with E-state index < -0.39 is 30.8 Å². The number of rotatable bonds is 10. The Hall–Kier alpha value is -2.38. The normalized spacial score (nSPS) is 11.9. The first-order valence-corrected chi connectivity index (χ1v) is 7.51. The van der Waals surface area contributed by atoms with Gasteiger partial charge in [0, 0.05) is 12.0 Å². The molecule has 8 heteroatoms. The zero-order valence-corrected chi connectivity index (χ0v) is 13.6. The minimum atomic E-state index is -2.84. The number of benzene rings is 1. The molecule has 1 rings (SSSR count). The zero-order valence-electron chi connectivity index (χ0n) is 13.6. The third-order valence-electron chi connectivity index (χ3n) is 3.20. The number of aliphatic carboxylic acids is 1. The van der Waals surface area contributed by atoms with Crippen molar-refractivity contribution in [1.82, 2.24) is 5.32 Å². The van der Waals surface area contributed by atoms with Crippen LogP contribution in [0.1, 0.15) is 36.5 Å². The van der Waals surface area contributed by atoms with Crippen LogP contribution < -0.4 is 14.8 Å². The van der Waals surface area contributed by atoms with Gasteiger partial charge in [-0.2, -0.15) is 0 Å². The lowest BCUT2D eigenvalue weighted by Gasteiger charge is -2.15. The summed E-state index contributed by atoms with van der Waals surface area (Å²) in [5.41, 5.74) is 0.0928. The number of hydrogen-bond donors (Lipinski definition) is 2. The molecule has 0 fully saturated rings. The average Bonchev–Trinajstić information content (AvgIpc) is 2.54. The maximum atomic E-state index is 12.4. The van der Waals surface area contributed by atoms with Gasteiger partial charge in [-0.3, -0.25) is 4.79 Å². The summed E-state index contributed by atoms with van der Waals surface area (Å²) in [6, 6.07) is 2.65. The molecule has 134 valence electrons. The van der Waals surface area contributed by atoms with Crippen molar-refractivity contribution in [2.45, 2.75) is 38.7 Å². The number of carbonyl (C=O) groups is 2. The summed E-state index contributed by atoms with van der Waals surface area (Å²) in [6.45, 7) is 2.51. The van der Waals surface area contributed by atoms with Crippen LogP contribution in [0.4, 0.5) is 8.78 Å². The lowest BCUT2D eigenvalue weighted by Crippen LogP contribution is -2.42. The number of ether oxygens (including phenoxy) is 2. The molecule has 0 aromatic heterocycles. The number of amides is 1. The van der Waals surface area contributed by atoms with Gasteiger partial charge in [0.25, 0.3) is 5.91 Å². The number of methoxy groups -OCH3 is 1. The molecule has 1 atom stereocenters. The van der Waals surface area contributed by atoms with Crippen molar-refractivity contribution in [3.05, 3.63) is 23.8 Å². The quantitative estimate of drug-likeness (QED) is 0.637. The molecule has 1 aromatic rings. The molecule has 6 nitrogen and oxygen atoms in total. The second kappa shape index (κ2) is 9.69. The maximum Gasteiger partial charge on any atom is 0.326 e. The summed E-state index contributed by atoms with van der Waals surface area (Å²) in [4.78, 5) is 23.0. The van der Waals surface area contributed by atoms with Crippen molar-refractivity contribution >= 4 is 11.9 Å². The molecule has 0 aliphatic heterocycles. The molecule has 1 amide bonds. The fourth-order valence-corrected chi connectivity index (χ4v) is 1.90.